The molecule has 1 aromatic carbocycles. The van der Waals surface area contributed by atoms with Gasteiger partial charge in [0, 0.05) is 32.5 Å². The number of unbranched alkanes of at least 4 members (excludes halogenated alkanes) is 1. The predicted molar refractivity (Wildman–Crippen MR) is 112 cm³/mol. The first-order valence-corrected chi connectivity index (χ1v) is 10.8. The second-order valence-corrected chi connectivity index (χ2v) is 8.01. The van der Waals surface area contributed by atoms with Crippen molar-refractivity contribution in [3.05, 3.63) is 36.0 Å². The van der Waals surface area contributed by atoms with Gasteiger partial charge in [-0.2, -0.15) is 10.2 Å². The molecule has 2 rings (SSSR count). The van der Waals surface area contributed by atoms with Crippen LogP contribution in [0.3, 0.4) is 0 Å². The van der Waals surface area contributed by atoms with Crippen LogP contribution >= 0.6 is 0 Å². The van der Waals surface area contributed by atoms with E-state index in [4.69, 9.17) is 4.74 Å². The van der Waals surface area contributed by atoms with E-state index >= 15 is 0 Å². The second-order valence-electron chi connectivity index (χ2n) is 6.24. The van der Waals surface area contributed by atoms with Crippen molar-refractivity contribution in [2.24, 2.45) is 0 Å². The first kappa shape index (κ1) is 22.5. The molecule has 0 aliphatic rings. The van der Waals surface area contributed by atoms with Gasteiger partial charge in [0.25, 0.3) is 0 Å². The number of hydrogen-bond donors (Lipinski definition) is 3. The number of aromatic nitrogens is 2. The number of benzene rings is 1. The molecular weight excluding hydrogens is 392 g/mol. The standard InChI is InChI=1S/C19H26N6O3S/c1-3-4-10-21-18-15(13-20)14-22-19(25-18)24-16-6-8-17(9-7-16)29(26,27)23-11-5-12-28-2/h6-9,14,23H,3-5,10-12H2,1-2H3,(H2,21,22,24,25). The predicted octanol–water partition coefficient (Wildman–Crippen LogP) is 2.62. The van der Waals surface area contributed by atoms with Crippen LogP contribution in [0.25, 0.3) is 0 Å². The number of nitrogens with one attached hydrogen (secondary N) is 3. The van der Waals surface area contributed by atoms with Crippen LogP contribution in [0.1, 0.15) is 31.7 Å². The zero-order valence-corrected chi connectivity index (χ0v) is 17.4. The topological polar surface area (TPSA) is 129 Å². The van der Waals surface area contributed by atoms with Gasteiger partial charge in [-0.05, 0) is 37.1 Å². The van der Waals surface area contributed by atoms with Crippen LogP contribution in [0.5, 0.6) is 0 Å². The Morgan fingerprint density at radius 3 is 2.59 bits per heavy atom. The molecule has 29 heavy (non-hydrogen) atoms. The molecule has 2 aromatic rings. The van der Waals surface area contributed by atoms with Crippen molar-refractivity contribution in [2.75, 3.05) is 37.4 Å². The van der Waals surface area contributed by atoms with Crippen LogP contribution in [0, 0.1) is 11.3 Å². The molecule has 0 spiro atoms. The molecule has 0 aliphatic heterocycles. The molecule has 1 heterocycles. The zero-order chi connectivity index (χ0) is 21.1. The summed E-state index contributed by atoms with van der Waals surface area (Å²) in [6.45, 7) is 3.60. The highest BCUT2D eigenvalue weighted by atomic mass is 32.2. The van der Waals surface area contributed by atoms with Crippen LogP contribution in [0.15, 0.2) is 35.4 Å². The molecule has 0 radical (unpaired) electrons. The number of nitriles is 1. The first-order valence-electron chi connectivity index (χ1n) is 9.37. The average Bonchev–Trinajstić information content (AvgIpc) is 2.72. The molecule has 0 saturated heterocycles. The summed E-state index contributed by atoms with van der Waals surface area (Å²) >= 11 is 0. The second kappa shape index (κ2) is 11.3. The summed E-state index contributed by atoms with van der Waals surface area (Å²) in [6, 6.07) is 8.34. The van der Waals surface area contributed by atoms with Gasteiger partial charge in [-0.1, -0.05) is 13.3 Å². The number of rotatable bonds is 12. The van der Waals surface area contributed by atoms with Crippen molar-refractivity contribution in [1.29, 1.82) is 5.26 Å². The lowest BCUT2D eigenvalue weighted by Crippen LogP contribution is -2.25. The highest BCUT2D eigenvalue weighted by Gasteiger charge is 2.13. The molecule has 156 valence electrons. The fourth-order valence-corrected chi connectivity index (χ4v) is 3.47. The highest BCUT2D eigenvalue weighted by molar-refractivity contribution is 7.89. The fourth-order valence-electron chi connectivity index (χ4n) is 2.40. The number of ether oxygens (including phenoxy) is 1. The van der Waals surface area contributed by atoms with Crippen molar-refractivity contribution >= 4 is 27.5 Å². The molecule has 1 aromatic heterocycles. The summed E-state index contributed by atoms with van der Waals surface area (Å²) in [5.41, 5.74) is 1.00. The van der Waals surface area contributed by atoms with E-state index in [9.17, 15) is 13.7 Å². The Kier molecular flexibility index (Phi) is 8.79. The van der Waals surface area contributed by atoms with Crippen molar-refractivity contribution in [2.45, 2.75) is 31.1 Å². The molecule has 0 aliphatic carbocycles. The lowest BCUT2D eigenvalue weighted by Gasteiger charge is -2.10. The number of methoxy groups -OCH3 is 1. The van der Waals surface area contributed by atoms with Gasteiger partial charge < -0.3 is 15.4 Å². The lowest BCUT2D eigenvalue weighted by molar-refractivity contribution is 0.196. The molecule has 0 saturated carbocycles. The summed E-state index contributed by atoms with van der Waals surface area (Å²) in [5, 5.41) is 15.4. The Morgan fingerprint density at radius 2 is 1.93 bits per heavy atom. The van der Waals surface area contributed by atoms with E-state index < -0.39 is 10.0 Å². The van der Waals surface area contributed by atoms with E-state index in [-0.39, 0.29) is 4.90 Å². The van der Waals surface area contributed by atoms with Crippen molar-refractivity contribution < 1.29 is 13.2 Å². The largest absolute Gasteiger partial charge is 0.385 e. The summed E-state index contributed by atoms with van der Waals surface area (Å²) in [5.74, 6) is 0.786. The van der Waals surface area contributed by atoms with E-state index in [1.54, 1.807) is 19.2 Å². The Labute approximate surface area is 171 Å². The summed E-state index contributed by atoms with van der Waals surface area (Å²) in [7, 11) is -2.00. The quantitative estimate of drug-likeness (QED) is 0.449. The van der Waals surface area contributed by atoms with E-state index in [0.717, 1.165) is 12.8 Å². The van der Waals surface area contributed by atoms with Gasteiger partial charge in [-0.15, -0.1) is 0 Å². The van der Waals surface area contributed by atoms with Gasteiger partial charge in [0.2, 0.25) is 16.0 Å². The van der Waals surface area contributed by atoms with Crippen molar-refractivity contribution in [3.8, 4) is 6.07 Å². The minimum Gasteiger partial charge on any atom is -0.385 e. The van der Waals surface area contributed by atoms with Gasteiger partial charge in [0.1, 0.15) is 17.5 Å². The lowest BCUT2D eigenvalue weighted by atomic mass is 10.3. The number of anilines is 3. The van der Waals surface area contributed by atoms with Crippen molar-refractivity contribution in [3.63, 3.8) is 0 Å². The third-order valence-corrected chi connectivity index (χ3v) is 5.45. The van der Waals surface area contributed by atoms with Gasteiger partial charge in [-0.25, -0.2) is 18.1 Å². The molecular formula is C19H26N6O3S. The van der Waals surface area contributed by atoms with Crippen LogP contribution in [-0.2, 0) is 14.8 Å². The van der Waals surface area contributed by atoms with E-state index in [1.165, 1.54) is 18.3 Å². The Morgan fingerprint density at radius 1 is 1.17 bits per heavy atom. The van der Waals surface area contributed by atoms with Crippen LogP contribution in [-0.4, -0.2) is 45.2 Å². The van der Waals surface area contributed by atoms with Gasteiger partial charge in [0.15, 0.2) is 0 Å². The average molecular weight is 419 g/mol. The number of nitrogens with zero attached hydrogens (tertiary/aromatic N) is 3. The van der Waals surface area contributed by atoms with E-state index in [2.05, 4.69) is 38.3 Å². The maximum absolute atomic E-state index is 12.3. The minimum atomic E-state index is -3.57. The fraction of sp³-hybridized carbons (Fsp3) is 0.421. The van der Waals surface area contributed by atoms with Crippen LogP contribution in [0.4, 0.5) is 17.5 Å². The Bertz CT molecular complexity index is 926. The maximum atomic E-state index is 12.3. The third-order valence-electron chi connectivity index (χ3n) is 3.97. The third kappa shape index (κ3) is 6.98. The molecule has 9 nitrogen and oxygen atoms in total. The van der Waals surface area contributed by atoms with Crippen molar-refractivity contribution in [1.82, 2.24) is 14.7 Å². The first-order chi connectivity index (χ1) is 14.0. The number of hydrogen-bond acceptors (Lipinski definition) is 8. The monoisotopic (exact) mass is 418 g/mol. The highest BCUT2D eigenvalue weighted by Crippen LogP contribution is 2.19. The molecule has 0 unspecified atom stereocenters. The van der Waals surface area contributed by atoms with Gasteiger partial charge in [-0.3, -0.25) is 0 Å². The number of sulfonamides is 1. The molecule has 3 N–H and O–H groups in total. The van der Waals surface area contributed by atoms with Gasteiger partial charge >= 0.3 is 0 Å². The smallest absolute Gasteiger partial charge is 0.240 e. The SMILES string of the molecule is CCCCNc1nc(Nc2ccc(S(=O)(=O)NCCCOC)cc2)ncc1C#N. The normalized spacial score (nSPS) is 11.1. The molecule has 0 amide bonds. The summed E-state index contributed by atoms with van der Waals surface area (Å²) in [6.07, 6.45) is 4.04. The molecule has 0 fully saturated rings. The Balaban J connectivity index is 2.05. The van der Waals surface area contributed by atoms with E-state index in [1.807, 2.05) is 0 Å². The molecule has 0 bridgehead atoms. The zero-order valence-electron chi connectivity index (χ0n) is 16.6. The summed E-state index contributed by atoms with van der Waals surface area (Å²) in [4.78, 5) is 8.65. The van der Waals surface area contributed by atoms with E-state index in [0.29, 0.717) is 49.1 Å². The Hall–Kier alpha value is -2.74. The van der Waals surface area contributed by atoms with Crippen LogP contribution < -0.4 is 15.4 Å². The molecule has 10 heteroatoms. The van der Waals surface area contributed by atoms with Crippen LogP contribution in [0.2, 0.25) is 0 Å². The molecule has 0 atom stereocenters. The van der Waals surface area contributed by atoms with Gasteiger partial charge in [0.05, 0.1) is 11.1 Å². The maximum Gasteiger partial charge on any atom is 0.240 e. The minimum absolute atomic E-state index is 0.170. The summed E-state index contributed by atoms with van der Waals surface area (Å²) < 4.78 is 32.0.